The Morgan fingerprint density at radius 1 is 1.21 bits per heavy atom. The molecule has 2 fully saturated rings. The van der Waals surface area contributed by atoms with Crippen molar-refractivity contribution in [3.63, 3.8) is 0 Å². The Bertz CT molecular complexity index is 652. The van der Waals surface area contributed by atoms with Crippen LogP contribution in [0.3, 0.4) is 0 Å². The van der Waals surface area contributed by atoms with E-state index in [1.807, 2.05) is 39.5 Å². The van der Waals surface area contributed by atoms with Crippen molar-refractivity contribution in [3.8, 4) is 0 Å². The molecule has 3 rings (SSSR count). The molecule has 1 aromatic rings. The minimum atomic E-state index is -0.283. The van der Waals surface area contributed by atoms with Gasteiger partial charge in [0.1, 0.15) is 5.82 Å². The molecule has 1 aliphatic carbocycles. The number of guanidine groups is 1. The minimum Gasteiger partial charge on any atom is -0.355 e. The molecule has 0 spiro atoms. The van der Waals surface area contributed by atoms with Gasteiger partial charge in [0.05, 0.1) is 5.41 Å². The van der Waals surface area contributed by atoms with Gasteiger partial charge in [0.15, 0.2) is 5.96 Å². The summed E-state index contributed by atoms with van der Waals surface area (Å²) in [6, 6.07) is 6.02. The molecule has 1 saturated heterocycles. The van der Waals surface area contributed by atoms with Crippen LogP contribution in [0.1, 0.15) is 25.7 Å². The lowest BCUT2D eigenvalue weighted by Gasteiger charge is -2.38. The summed E-state index contributed by atoms with van der Waals surface area (Å²) in [6.07, 6.45) is 6.01. The molecule has 156 valence electrons. The maximum atomic E-state index is 12.8. The van der Waals surface area contributed by atoms with E-state index in [4.69, 9.17) is 0 Å². The molecule has 1 aromatic heterocycles. The zero-order valence-electron chi connectivity index (χ0n) is 17.2. The fourth-order valence-corrected chi connectivity index (χ4v) is 4.26. The third-order valence-corrected chi connectivity index (χ3v) is 5.77. The normalized spacial score (nSPS) is 19.2. The van der Waals surface area contributed by atoms with E-state index in [9.17, 15) is 4.79 Å². The summed E-state index contributed by atoms with van der Waals surface area (Å²) in [4.78, 5) is 28.0. The molecule has 8 heteroatoms. The van der Waals surface area contributed by atoms with Gasteiger partial charge in [-0.3, -0.25) is 9.79 Å². The van der Waals surface area contributed by atoms with Gasteiger partial charge in [-0.2, -0.15) is 0 Å². The number of rotatable bonds is 4. The lowest BCUT2D eigenvalue weighted by Crippen LogP contribution is -2.55. The van der Waals surface area contributed by atoms with Gasteiger partial charge in [0, 0.05) is 60.1 Å². The number of hydrogen-bond donors (Lipinski definition) is 1. The quantitative estimate of drug-likeness (QED) is 0.390. The van der Waals surface area contributed by atoms with Gasteiger partial charge in [-0.25, -0.2) is 4.98 Å². The van der Waals surface area contributed by atoms with Crippen LogP contribution in [-0.4, -0.2) is 80.5 Å². The van der Waals surface area contributed by atoms with Crippen molar-refractivity contribution in [3.05, 3.63) is 24.4 Å². The summed E-state index contributed by atoms with van der Waals surface area (Å²) < 4.78 is 0. The van der Waals surface area contributed by atoms with Gasteiger partial charge in [-0.15, -0.1) is 24.0 Å². The fraction of sp³-hybridized carbons (Fsp3) is 0.650. The molecule has 2 aliphatic rings. The maximum Gasteiger partial charge on any atom is 0.230 e. The first kappa shape index (κ1) is 22.7. The molecule has 1 aliphatic heterocycles. The predicted octanol–water partition coefficient (Wildman–Crippen LogP) is 2.05. The Morgan fingerprint density at radius 3 is 2.43 bits per heavy atom. The highest BCUT2D eigenvalue weighted by Gasteiger charge is 2.42. The van der Waals surface area contributed by atoms with Crippen LogP contribution in [0.2, 0.25) is 0 Å². The van der Waals surface area contributed by atoms with Crippen molar-refractivity contribution in [1.29, 1.82) is 0 Å². The molecule has 0 atom stereocenters. The van der Waals surface area contributed by atoms with Crippen LogP contribution in [-0.2, 0) is 4.79 Å². The number of anilines is 1. The minimum absolute atomic E-state index is 0. The third-order valence-electron chi connectivity index (χ3n) is 5.77. The van der Waals surface area contributed by atoms with E-state index in [0.29, 0.717) is 6.54 Å². The Labute approximate surface area is 185 Å². The van der Waals surface area contributed by atoms with E-state index in [2.05, 4.69) is 31.2 Å². The molecule has 2 heterocycles. The molecule has 0 aromatic carbocycles. The highest BCUT2D eigenvalue weighted by atomic mass is 127. The average molecular weight is 500 g/mol. The predicted molar refractivity (Wildman–Crippen MR) is 124 cm³/mol. The van der Waals surface area contributed by atoms with Crippen molar-refractivity contribution >= 4 is 41.7 Å². The number of amides is 1. The highest BCUT2D eigenvalue weighted by molar-refractivity contribution is 14.0. The summed E-state index contributed by atoms with van der Waals surface area (Å²) in [5.41, 5.74) is -0.283. The van der Waals surface area contributed by atoms with Crippen molar-refractivity contribution < 1.29 is 4.79 Å². The summed E-state index contributed by atoms with van der Waals surface area (Å²) in [5, 5.41) is 3.51. The Hall–Kier alpha value is -1.58. The highest BCUT2D eigenvalue weighted by Crippen LogP contribution is 2.39. The number of hydrogen-bond acceptors (Lipinski definition) is 4. The van der Waals surface area contributed by atoms with E-state index in [1.54, 1.807) is 4.90 Å². The summed E-state index contributed by atoms with van der Waals surface area (Å²) in [5.74, 6) is 2.16. The Balaban J connectivity index is 0.00000280. The van der Waals surface area contributed by atoms with Crippen molar-refractivity contribution in [2.75, 3.05) is 58.8 Å². The number of carbonyl (C=O) groups excluding carboxylic acids is 1. The van der Waals surface area contributed by atoms with Crippen molar-refractivity contribution in [2.24, 2.45) is 10.4 Å². The first-order valence-corrected chi connectivity index (χ1v) is 9.89. The third kappa shape index (κ3) is 5.07. The van der Waals surface area contributed by atoms with E-state index in [1.165, 1.54) is 0 Å². The molecule has 7 nitrogen and oxygen atoms in total. The monoisotopic (exact) mass is 500 g/mol. The van der Waals surface area contributed by atoms with Crippen molar-refractivity contribution in [1.82, 2.24) is 20.1 Å². The molecule has 28 heavy (non-hydrogen) atoms. The van der Waals surface area contributed by atoms with Gasteiger partial charge in [-0.05, 0) is 25.0 Å². The number of carbonyl (C=O) groups is 1. The Kier molecular flexibility index (Phi) is 8.33. The SMILES string of the molecule is CN=C(NCC1(C(=O)N(C)C)CCCC1)N1CCN(c2ccccn2)CC1.I. The standard InChI is InChI=1S/C20H32N6O.HI/c1-21-19(23-16-20(9-5-6-10-20)18(27)24(2)3)26-14-12-25(13-15-26)17-8-4-7-11-22-17;/h4,7-8,11H,5-6,9-10,12-16H2,1-3H3,(H,21,23);1H. The van der Waals surface area contributed by atoms with E-state index in [0.717, 1.165) is 63.6 Å². The van der Waals surface area contributed by atoms with Crippen LogP contribution in [0.15, 0.2) is 29.4 Å². The number of aliphatic imine (C=N–C) groups is 1. The molecule has 1 N–H and O–H groups in total. The molecule has 1 saturated carbocycles. The topological polar surface area (TPSA) is 64.1 Å². The second kappa shape index (κ2) is 10.3. The molecular formula is C20H33IN6O. The summed E-state index contributed by atoms with van der Waals surface area (Å²) in [7, 11) is 5.53. The van der Waals surface area contributed by atoms with Crippen LogP contribution in [0, 0.1) is 5.41 Å². The summed E-state index contributed by atoms with van der Waals surface area (Å²) in [6.45, 7) is 4.28. The van der Waals surface area contributed by atoms with E-state index < -0.39 is 0 Å². The second-order valence-corrected chi connectivity index (χ2v) is 7.75. The number of piperazine rings is 1. The van der Waals surface area contributed by atoms with Crippen LogP contribution in [0.4, 0.5) is 5.82 Å². The smallest absolute Gasteiger partial charge is 0.230 e. The van der Waals surface area contributed by atoms with Crippen LogP contribution in [0.5, 0.6) is 0 Å². The number of halogens is 1. The zero-order chi connectivity index (χ0) is 19.3. The first-order chi connectivity index (χ1) is 13.1. The number of aromatic nitrogens is 1. The van der Waals surface area contributed by atoms with Gasteiger partial charge < -0.3 is 20.0 Å². The second-order valence-electron chi connectivity index (χ2n) is 7.75. The number of nitrogens with zero attached hydrogens (tertiary/aromatic N) is 5. The fourth-order valence-electron chi connectivity index (χ4n) is 4.26. The van der Waals surface area contributed by atoms with E-state index >= 15 is 0 Å². The first-order valence-electron chi connectivity index (χ1n) is 9.89. The van der Waals surface area contributed by atoms with Crippen LogP contribution in [0.25, 0.3) is 0 Å². The maximum absolute atomic E-state index is 12.8. The van der Waals surface area contributed by atoms with Gasteiger partial charge >= 0.3 is 0 Å². The zero-order valence-corrected chi connectivity index (χ0v) is 19.6. The molecule has 0 radical (unpaired) electrons. The largest absolute Gasteiger partial charge is 0.355 e. The van der Waals surface area contributed by atoms with Crippen LogP contribution >= 0.6 is 24.0 Å². The molecular weight excluding hydrogens is 467 g/mol. The summed E-state index contributed by atoms with van der Waals surface area (Å²) >= 11 is 0. The average Bonchev–Trinajstić information content (AvgIpc) is 3.19. The molecule has 1 amide bonds. The van der Waals surface area contributed by atoms with Gasteiger partial charge in [-0.1, -0.05) is 18.9 Å². The van der Waals surface area contributed by atoms with E-state index in [-0.39, 0.29) is 35.3 Å². The van der Waals surface area contributed by atoms with Crippen molar-refractivity contribution in [2.45, 2.75) is 25.7 Å². The van der Waals surface area contributed by atoms with Gasteiger partial charge in [0.2, 0.25) is 5.91 Å². The number of nitrogens with one attached hydrogen (secondary N) is 1. The van der Waals surface area contributed by atoms with Gasteiger partial charge in [0.25, 0.3) is 0 Å². The lowest BCUT2D eigenvalue weighted by atomic mass is 9.84. The molecule has 0 unspecified atom stereocenters. The van der Waals surface area contributed by atoms with Crippen LogP contribution < -0.4 is 10.2 Å². The molecule has 0 bridgehead atoms. The Morgan fingerprint density at radius 2 is 1.89 bits per heavy atom. The number of pyridine rings is 1. The lowest BCUT2D eigenvalue weighted by molar-refractivity contribution is -0.138.